The molecule has 0 fully saturated rings. The van der Waals surface area contributed by atoms with Crippen LogP contribution in [-0.2, 0) is 6.18 Å². The summed E-state index contributed by atoms with van der Waals surface area (Å²) in [7, 11) is 3.74. The maximum atomic E-state index is 13.1. The summed E-state index contributed by atoms with van der Waals surface area (Å²) < 4.78 is 40.4. The molecule has 1 N–H and O–H groups in total. The first-order valence-corrected chi connectivity index (χ1v) is 9.86. The average molecular weight is 444 g/mol. The summed E-state index contributed by atoms with van der Waals surface area (Å²) in [5, 5.41) is 6.79. The van der Waals surface area contributed by atoms with Gasteiger partial charge in [-0.1, -0.05) is 36.4 Å². The molecule has 3 aromatic rings. The van der Waals surface area contributed by atoms with Crippen LogP contribution in [0.4, 0.5) is 13.2 Å². The van der Waals surface area contributed by atoms with E-state index in [0.29, 0.717) is 5.69 Å². The monoisotopic (exact) mass is 444 g/mol. The SMILES string of the molecule is Cc1cc(=O)c(C(=O)NC[C@@H](c2ccccc2)N(C)C)nn1-c1cccc(C(F)(F)F)c1. The molecule has 0 saturated carbocycles. The van der Waals surface area contributed by atoms with E-state index in [-0.39, 0.29) is 18.3 Å². The summed E-state index contributed by atoms with van der Waals surface area (Å²) in [5.41, 5.74) is -0.459. The quantitative estimate of drug-likeness (QED) is 0.631. The molecule has 9 heteroatoms. The Bertz CT molecular complexity index is 1160. The fraction of sp³-hybridized carbons (Fsp3) is 0.261. The van der Waals surface area contributed by atoms with E-state index in [1.165, 1.54) is 25.1 Å². The first kappa shape index (κ1) is 23.2. The van der Waals surface area contributed by atoms with E-state index in [0.717, 1.165) is 22.4 Å². The van der Waals surface area contributed by atoms with Crippen molar-refractivity contribution < 1.29 is 18.0 Å². The van der Waals surface area contributed by atoms with Gasteiger partial charge in [0.1, 0.15) is 0 Å². The number of carbonyl (C=O) groups excluding carboxylic acids is 1. The lowest BCUT2D eigenvalue weighted by atomic mass is 10.1. The van der Waals surface area contributed by atoms with Gasteiger partial charge in [0.15, 0.2) is 5.69 Å². The molecule has 0 bridgehead atoms. The second kappa shape index (κ2) is 9.35. The van der Waals surface area contributed by atoms with Crippen molar-refractivity contribution in [1.82, 2.24) is 20.0 Å². The van der Waals surface area contributed by atoms with Gasteiger partial charge in [-0.25, -0.2) is 4.68 Å². The topological polar surface area (TPSA) is 67.2 Å². The van der Waals surface area contributed by atoms with Crippen molar-refractivity contribution in [3.8, 4) is 5.69 Å². The van der Waals surface area contributed by atoms with Crippen LogP contribution in [0.2, 0.25) is 0 Å². The van der Waals surface area contributed by atoms with Crippen LogP contribution in [0.3, 0.4) is 0 Å². The van der Waals surface area contributed by atoms with Gasteiger partial charge >= 0.3 is 6.18 Å². The van der Waals surface area contributed by atoms with Crippen LogP contribution in [0.25, 0.3) is 5.69 Å². The molecule has 1 aromatic heterocycles. The van der Waals surface area contributed by atoms with E-state index in [9.17, 15) is 22.8 Å². The van der Waals surface area contributed by atoms with Crippen molar-refractivity contribution in [2.75, 3.05) is 20.6 Å². The molecule has 2 aromatic carbocycles. The van der Waals surface area contributed by atoms with Crippen molar-refractivity contribution in [2.45, 2.75) is 19.1 Å². The number of amides is 1. The van der Waals surface area contributed by atoms with Crippen LogP contribution in [0.1, 0.15) is 33.4 Å². The smallest absolute Gasteiger partial charge is 0.349 e. The molecule has 1 atom stereocenters. The van der Waals surface area contributed by atoms with Crippen LogP contribution in [0.5, 0.6) is 0 Å². The van der Waals surface area contributed by atoms with E-state index >= 15 is 0 Å². The molecule has 0 aliphatic carbocycles. The summed E-state index contributed by atoms with van der Waals surface area (Å²) in [5.74, 6) is -0.696. The second-order valence-corrected chi connectivity index (χ2v) is 7.56. The van der Waals surface area contributed by atoms with Crippen LogP contribution in [0.15, 0.2) is 65.5 Å². The number of aryl methyl sites for hydroxylation is 1. The number of alkyl halides is 3. The van der Waals surface area contributed by atoms with Crippen LogP contribution < -0.4 is 10.7 Å². The van der Waals surface area contributed by atoms with Gasteiger partial charge in [-0.3, -0.25) is 9.59 Å². The number of hydrogen-bond donors (Lipinski definition) is 1. The molecule has 6 nitrogen and oxygen atoms in total. The number of aromatic nitrogens is 2. The molecule has 0 spiro atoms. The first-order chi connectivity index (χ1) is 15.1. The fourth-order valence-electron chi connectivity index (χ4n) is 3.33. The lowest BCUT2D eigenvalue weighted by Crippen LogP contribution is -2.37. The predicted molar refractivity (Wildman–Crippen MR) is 115 cm³/mol. The Hall–Kier alpha value is -3.46. The zero-order valence-electron chi connectivity index (χ0n) is 17.8. The van der Waals surface area contributed by atoms with Gasteiger partial charge < -0.3 is 10.2 Å². The minimum absolute atomic E-state index is 0.0989. The Labute approximate surface area is 183 Å². The highest BCUT2D eigenvalue weighted by Gasteiger charge is 2.30. The van der Waals surface area contributed by atoms with Gasteiger partial charge in [0, 0.05) is 18.3 Å². The first-order valence-electron chi connectivity index (χ1n) is 9.86. The van der Waals surface area contributed by atoms with Crippen molar-refractivity contribution in [1.29, 1.82) is 0 Å². The molecular weight excluding hydrogens is 421 g/mol. The standard InChI is InChI=1S/C23H23F3N4O2/c1-15-12-20(31)21(28-30(15)18-11-7-10-17(13-18)23(24,25)26)22(32)27-14-19(29(2)3)16-8-5-4-6-9-16/h4-13,19H,14H2,1-3H3,(H,27,32)/t19-/m0/s1. The highest BCUT2D eigenvalue weighted by Crippen LogP contribution is 2.30. The van der Waals surface area contributed by atoms with Gasteiger partial charge in [-0.15, -0.1) is 0 Å². The van der Waals surface area contributed by atoms with Gasteiger partial charge in [0.05, 0.1) is 17.3 Å². The van der Waals surface area contributed by atoms with E-state index in [4.69, 9.17) is 0 Å². The van der Waals surface area contributed by atoms with Gasteiger partial charge in [-0.2, -0.15) is 18.3 Å². The van der Waals surface area contributed by atoms with Gasteiger partial charge in [-0.05, 0) is 44.8 Å². The Balaban J connectivity index is 1.89. The Morgan fingerprint density at radius 3 is 2.41 bits per heavy atom. The molecule has 0 saturated heterocycles. The van der Waals surface area contributed by atoms with Gasteiger partial charge in [0.25, 0.3) is 5.91 Å². The maximum absolute atomic E-state index is 13.1. The zero-order chi connectivity index (χ0) is 23.5. The maximum Gasteiger partial charge on any atom is 0.416 e. The second-order valence-electron chi connectivity index (χ2n) is 7.56. The van der Waals surface area contributed by atoms with Crippen molar-refractivity contribution in [3.05, 3.63) is 93.4 Å². The van der Waals surface area contributed by atoms with Crippen LogP contribution in [-0.4, -0.2) is 41.2 Å². The number of nitrogens with one attached hydrogen (secondary N) is 1. The van der Waals surface area contributed by atoms with E-state index in [1.807, 2.05) is 49.3 Å². The molecule has 0 aliphatic rings. The van der Waals surface area contributed by atoms with E-state index < -0.39 is 28.8 Å². The normalized spacial score (nSPS) is 12.6. The fourth-order valence-corrected chi connectivity index (χ4v) is 3.33. The van der Waals surface area contributed by atoms with E-state index in [1.54, 1.807) is 0 Å². The lowest BCUT2D eigenvalue weighted by molar-refractivity contribution is -0.137. The lowest BCUT2D eigenvalue weighted by Gasteiger charge is -2.25. The third kappa shape index (κ3) is 5.23. The summed E-state index contributed by atoms with van der Waals surface area (Å²) in [4.78, 5) is 27.1. The van der Waals surface area contributed by atoms with E-state index in [2.05, 4.69) is 10.4 Å². The number of rotatable bonds is 6. The minimum Gasteiger partial charge on any atom is -0.349 e. The molecule has 3 rings (SSSR count). The van der Waals surface area contributed by atoms with Crippen molar-refractivity contribution in [3.63, 3.8) is 0 Å². The number of hydrogen-bond acceptors (Lipinski definition) is 4. The Morgan fingerprint density at radius 2 is 1.78 bits per heavy atom. The van der Waals surface area contributed by atoms with Crippen LogP contribution >= 0.6 is 0 Å². The number of nitrogens with zero attached hydrogens (tertiary/aromatic N) is 3. The summed E-state index contributed by atoms with van der Waals surface area (Å²) >= 11 is 0. The highest BCUT2D eigenvalue weighted by atomic mass is 19.4. The minimum atomic E-state index is -4.53. The summed E-state index contributed by atoms with van der Waals surface area (Å²) in [6.07, 6.45) is -4.53. The predicted octanol–water partition coefficient (Wildman–Crippen LogP) is 3.59. The van der Waals surface area contributed by atoms with Crippen molar-refractivity contribution >= 4 is 5.91 Å². The van der Waals surface area contributed by atoms with Gasteiger partial charge in [0.2, 0.25) is 5.43 Å². The zero-order valence-corrected chi connectivity index (χ0v) is 17.8. The Morgan fingerprint density at radius 1 is 1.09 bits per heavy atom. The van der Waals surface area contributed by atoms with Crippen LogP contribution in [0, 0.1) is 6.92 Å². The molecule has 32 heavy (non-hydrogen) atoms. The molecular formula is C23H23F3N4O2. The molecule has 1 heterocycles. The average Bonchev–Trinajstić information content (AvgIpc) is 2.74. The highest BCUT2D eigenvalue weighted by molar-refractivity contribution is 5.92. The molecule has 0 aliphatic heterocycles. The number of benzene rings is 2. The third-order valence-corrected chi connectivity index (χ3v) is 5.00. The molecule has 0 radical (unpaired) electrons. The largest absolute Gasteiger partial charge is 0.416 e. The number of likely N-dealkylation sites (N-methyl/N-ethyl adjacent to an activating group) is 1. The number of carbonyl (C=O) groups is 1. The molecule has 0 unspecified atom stereocenters. The van der Waals surface area contributed by atoms with Crippen molar-refractivity contribution in [2.24, 2.45) is 0 Å². The number of halogens is 3. The molecule has 1 amide bonds. The Kier molecular flexibility index (Phi) is 6.78. The summed E-state index contributed by atoms with van der Waals surface area (Å²) in [6, 6.07) is 15.1. The third-order valence-electron chi connectivity index (χ3n) is 5.00. The summed E-state index contributed by atoms with van der Waals surface area (Å²) in [6.45, 7) is 1.75. The molecule has 168 valence electrons.